The maximum Gasteiger partial charge on any atom is 0.333 e. The summed E-state index contributed by atoms with van der Waals surface area (Å²) in [7, 11) is 0. The smallest absolute Gasteiger partial charge is 0.333 e. The van der Waals surface area contributed by atoms with Crippen LogP contribution < -0.4 is 0 Å². The predicted octanol–water partition coefficient (Wildman–Crippen LogP) is 0.00790. The standard InChI is InChI=1S/C9H12O4/c1-2-12-9(11)5-3-6(10)8-7(4-5)13-8/h3,6-8,10H,2,4H2,1H3. The highest BCUT2D eigenvalue weighted by Crippen LogP contribution is 2.36. The molecule has 13 heavy (non-hydrogen) atoms. The molecule has 1 saturated heterocycles. The Kier molecular flexibility index (Phi) is 2.09. The van der Waals surface area contributed by atoms with Crippen LogP contribution in [0.3, 0.4) is 0 Å². The van der Waals surface area contributed by atoms with E-state index in [1.54, 1.807) is 6.92 Å². The molecule has 0 saturated carbocycles. The van der Waals surface area contributed by atoms with Crippen molar-refractivity contribution in [3.63, 3.8) is 0 Å². The normalized spacial score (nSPS) is 36.2. The molecule has 2 rings (SSSR count). The third-order valence-electron chi connectivity index (χ3n) is 2.29. The molecule has 0 aromatic heterocycles. The van der Waals surface area contributed by atoms with E-state index in [1.807, 2.05) is 0 Å². The zero-order valence-electron chi connectivity index (χ0n) is 7.40. The Morgan fingerprint density at radius 3 is 3.23 bits per heavy atom. The molecule has 3 unspecified atom stereocenters. The van der Waals surface area contributed by atoms with Gasteiger partial charge in [0.05, 0.1) is 12.7 Å². The number of aliphatic hydroxyl groups is 1. The fourth-order valence-electron chi connectivity index (χ4n) is 1.58. The molecule has 4 heteroatoms. The largest absolute Gasteiger partial charge is 0.463 e. The van der Waals surface area contributed by atoms with Crippen molar-refractivity contribution in [1.82, 2.24) is 0 Å². The number of fused-ring (bicyclic) bond motifs is 1. The van der Waals surface area contributed by atoms with Crippen molar-refractivity contribution in [2.45, 2.75) is 31.7 Å². The summed E-state index contributed by atoms with van der Waals surface area (Å²) < 4.78 is 9.96. The van der Waals surface area contributed by atoms with E-state index in [9.17, 15) is 9.90 Å². The van der Waals surface area contributed by atoms with Crippen molar-refractivity contribution >= 4 is 5.97 Å². The van der Waals surface area contributed by atoms with Crippen LogP contribution in [0.4, 0.5) is 0 Å². The number of hydrogen-bond acceptors (Lipinski definition) is 4. The van der Waals surface area contributed by atoms with Gasteiger partial charge in [0, 0.05) is 12.0 Å². The molecular formula is C9H12O4. The number of aliphatic hydroxyl groups excluding tert-OH is 1. The molecular weight excluding hydrogens is 172 g/mol. The fourth-order valence-corrected chi connectivity index (χ4v) is 1.58. The zero-order chi connectivity index (χ0) is 9.42. The number of carbonyl (C=O) groups excluding carboxylic acids is 1. The van der Waals surface area contributed by atoms with Crippen LogP contribution in [0.15, 0.2) is 11.6 Å². The maximum absolute atomic E-state index is 11.3. The Hall–Kier alpha value is -0.870. The van der Waals surface area contributed by atoms with Crippen molar-refractivity contribution in [3.05, 3.63) is 11.6 Å². The first kappa shape index (κ1) is 8.72. The first-order valence-electron chi connectivity index (χ1n) is 4.43. The van der Waals surface area contributed by atoms with Gasteiger partial charge in [-0.25, -0.2) is 4.79 Å². The summed E-state index contributed by atoms with van der Waals surface area (Å²) in [4.78, 5) is 11.3. The van der Waals surface area contributed by atoms with Gasteiger partial charge >= 0.3 is 5.97 Å². The zero-order valence-corrected chi connectivity index (χ0v) is 7.40. The van der Waals surface area contributed by atoms with Gasteiger partial charge in [-0.3, -0.25) is 0 Å². The fraction of sp³-hybridized carbons (Fsp3) is 0.667. The molecule has 0 aromatic carbocycles. The molecule has 2 aliphatic rings. The summed E-state index contributed by atoms with van der Waals surface area (Å²) in [6.45, 7) is 2.12. The molecule has 4 nitrogen and oxygen atoms in total. The van der Waals surface area contributed by atoms with Gasteiger partial charge in [0.15, 0.2) is 0 Å². The van der Waals surface area contributed by atoms with E-state index < -0.39 is 6.10 Å². The highest BCUT2D eigenvalue weighted by molar-refractivity contribution is 5.89. The Morgan fingerprint density at radius 2 is 2.62 bits per heavy atom. The molecule has 1 aliphatic heterocycles. The van der Waals surface area contributed by atoms with Gasteiger partial charge in [0.1, 0.15) is 12.2 Å². The predicted molar refractivity (Wildman–Crippen MR) is 44.0 cm³/mol. The van der Waals surface area contributed by atoms with E-state index in [-0.39, 0.29) is 18.2 Å². The lowest BCUT2D eigenvalue weighted by Crippen LogP contribution is -2.23. The summed E-state index contributed by atoms with van der Waals surface area (Å²) in [5.74, 6) is -0.337. The second kappa shape index (κ2) is 3.12. The molecule has 1 aliphatic carbocycles. The van der Waals surface area contributed by atoms with Gasteiger partial charge in [-0.1, -0.05) is 0 Å². The summed E-state index contributed by atoms with van der Waals surface area (Å²) in [6.07, 6.45) is 1.41. The van der Waals surface area contributed by atoms with Crippen molar-refractivity contribution in [2.75, 3.05) is 6.61 Å². The molecule has 0 bridgehead atoms. The minimum atomic E-state index is -0.641. The van der Waals surface area contributed by atoms with E-state index in [4.69, 9.17) is 9.47 Å². The first-order chi connectivity index (χ1) is 6.22. The second-order valence-corrected chi connectivity index (χ2v) is 3.25. The highest BCUT2D eigenvalue weighted by atomic mass is 16.6. The first-order valence-corrected chi connectivity index (χ1v) is 4.43. The topological polar surface area (TPSA) is 59.1 Å². The van der Waals surface area contributed by atoms with Crippen LogP contribution in [0.2, 0.25) is 0 Å². The molecule has 1 heterocycles. The SMILES string of the molecule is CCOC(=O)C1=CC(O)C2OC2C1. The Balaban J connectivity index is 2.03. The van der Waals surface area contributed by atoms with Crippen LogP contribution in [0.5, 0.6) is 0 Å². The van der Waals surface area contributed by atoms with Crippen LogP contribution in [0.25, 0.3) is 0 Å². The van der Waals surface area contributed by atoms with Crippen LogP contribution in [-0.2, 0) is 14.3 Å². The van der Waals surface area contributed by atoms with Gasteiger partial charge in [-0.05, 0) is 13.0 Å². The Morgan fingerprint density at radius 1 is 1.85 bits per heavy atom. The molecule has 0 aromatic rings. The van der Waals surface area contributed by atoms with E-state index in [0.29, 0.717) is 18.6 Å². The molecule has 0 radical (unpaired) electrons. The van der Waals surface area contributed by atoms with Crippen LogP contribution >= 0.6 is 0 Å². The summed E-state index contributed by atoms with van der Waals surface area (Å²) in [5, 5.41) is 9.40. The van der Waals surface area contributed by atoms with Crippen LogP contribution in [0, 0.1) is 0 Å². The molecule has 0 amide bonds. The number of hydrogen-bond donors (Lipinski definition) is 1. The van der Waals surface area contributed by atoms with E-state index >= 15 is 0 Å². The molecule has 1 fully saturated rings. The number of ether oxygens (including phenoxy) is 2. The quantitative estimate of drug-likeness (QED) is 0.485. The van der Waals surface area contributed by atoms with E-state index in [0.717, 1.165) is 0 Å². The van der Waals surface area contributed by atoms with Gasteiger partial charge in [0.25, 0.3) is 0 Å². The Bertz CT molecular complexity index is 258. The van der Waals surface area contributed by atoms with Crippen molar-refractivity contribution < 1.29 is 19.4 Å². The maximum atomic E-state index is 11.3. The third kappa shape index (κ3) is 1.59. The molecule has 72 valence electrons. The summed E-state index contributed by atoms with van der Waals surface area (Å²) in [5.41, 5.74) is 0.535. The monoisotopic (exact) mass is 184 g/mol. The number of carbonyl (C=O) groups is 1. The number of rotatable bonds is 2. The molecule has 0 spiro atoms. The van der Waals surface area contributed by atoms with Gasteiger partial charge in [-0.15, -0.1) is 0 Å². The highest BCUT2D eigenvalue weighted by Gasteiger charge is 2.47. The third-order valence-corrected chi connectivity index (χ3v) is 2.29. The number of epoxide rings is 1. The average molecular weight is 184 g/mol. The van der Waals surface area contributed by atoms with Crippen LogP contribution in [-0.4, -0.2) is 36.0 Å². The van der Waals surface area contributed by atoms with Crippen LogP contribution in [0.1, 0.15) is 13.3 Å². The van der Waals surface area contributed by atoms with E-state index in [1.165, 1.54) is 6.08 Å². The lowest BCUT2D eigenvalue weighted by atomic mass is 9.98. The Labute approximate surface area is 76.1 Å². The van der Waals surface area contributed by atoms with Crippen molar-refractivity contribution in [2.24, 2.45) is 0 Å². The summed E-state index contributed by atoms with van der Waals surface area (Å²) in [6, 6.07) is 0. The van der Waals surface area contributed by atoms with Gasteiger partial charge in [-0.2, -0.15) is 0 Å². The lowest BCUT2D eigenvalue weighted by Gasteiger charge is -2.11. The molecule has 3 atom stereocenters. The summed E-state index contributed by atoms with van der Waals surface area (Å²) >= 11 is 0. The lowest BCUT2D eigenvalue weighted by molar-refractivity contribution is -0.138. The van der Waals surface area contributed by atoms with Crippen molar-refractivity contribution in [1.29, 1.82) is 0 Å². The van der Waals surface area contributed by atoms with Crippen molar-refractivity contribution in [3.8, 4) is 0 Å². The molecule has 1 N–H and O–H groups in total. The number of esters is 1. The second-order valence-electron chi connectivity index (χ2n) is 3.25. The minimum absolute atomic E-state index is 0.0272. The average Bonchev–Trinajstić information content (AvgIpc) is 2.84. The van der Waals surface area contributed by atoms with Gasteiger partial charge in [0.2, 0.25) is 0 Å². The van der Waals surface area contributed by atoms with E-state index in [2.05, 4.69) is 0 Å². The van der Waals surface area contributed by atoms with Gasteiger partial charge < -0.3 is 14.6 Å². The minimum Gasteiger partial charge on any atom is -0.463 e.